The van der Waals surface area contributed by atoms with Gasteiger partial charge in [-0.25, -0.2) is 0 Å². The highest BCUT2D eigenvalue weighted by molar-refractivity contribution is 5.85. The van der Waals surface area contributed by atoms with E-state index >= 15 is 0 Å². The molecular formula is C12H20ClN5. The minimum Gasteiger partial charge on any atom is -0.307 e. The molecule has 0 atom stereocenters. The van der Waals surface area contributed by atoms with E-state index in [0.29, 0.717) is 6.04 Å². The molecule has 0 spiro atoms. The van der Waals surface area contributed by atoms with Gasteiger partial charge in [0, 0.05) is 44.1 Å². The lowest BCUT2D eigenvalue weighted by Crippen LogP contribution is -2.13. The van der Waals surface area contributed by atoms with Crippen molar-refractivity contribution < 1.29 is 0 Å². The molecule has 1 N–H and O–H groups in total. The molecule has 0 amide bonds. The zero-order chi connectivity index (χ0) is 12.3. The van der Waals surface area contributed by atoms with Gasteiger partial charge in [-0.1, -0.05) is 0 Å². The van der Waals surface area contributed by atoms with Gasteiger partial charge in [-0.05, 0) is 19.9 Å². The third-order valence-corrected chi connectivity index (χ3v) is 2.59. The molecule has 0 fully saturated rings. The van der Waals surface area contributed by atoms with Gasteiger partial charge in [0.25, 0.3) is 0 Å². The Morgan fingerprint density at radius 3 is 2.67 bits per heavy atom. The van der Waals surface area contributed by atoms with Gasteiger partial charge in [0.15, 0.2) is 0 Å². The molecule has 2 rings (SSSR count). The summed E-state index contributed by atoms with van der Waals surface area (Å²) in [5.41, 5.74) is 2.26. The number of halogens is 1. The Labute approximate surface area is 114 Å². The molecule has 2 aromatic heterocycles. The normalized spacial score (nSPS) is 10.7. The Bertz CT molecular complexity index is 474. The van der Waals surface area contributed by atoms with Crippen LogP contribution in [-0.4, -0.2) is 19.6 Å². The van der Waals surface area contributed by atoms with Crippen molar-refractivity contribution in [2.45, 2.75) is 33.0 Å². The smallest absolute Gasteiger partial charge is 0.0762 e. The molecule has 0 radical (unpaired) electrons. The number of hydrogen-bond donors (Lipinski definition) is 1. The van der Waals surface area contributed by atoms with E-state index in [1.165, 1.54) is 5.56 Å². The molecule has 0 saturated carbocycles. The number of aromatic nitrogens is 4. The van der Waals surface area contributed by atoms with E-state index in [1.54, 1.807) is 0 Å². The van der Waals surface area contributed by atoms with E-state index in [9.17, 15) is 0 Å². The molecule has 0 aromatic carbocycles. The summed E-state index contributed by atoms with van der Waals surface area (Å²) in [7, 11) is 1.92. The fourth-order valence-corrected chi connectivity index (χ4v) is 1.66. The van der Waals surface area contributed by atoms with Crippen molar-refractivity contribution in [3.63, 3.8) is 0 Å². The first kappa shape index (κ1) is 14.7. The molecule has 2 heterocycles. The maximum atomic E-state index is 4.48. The van der Waals surface area contributed by atoms with Gasteiger partial charge in [0.2, 0.25) is 0 Å². The van der Waals surface area contributed by atoms with Crippen LogP contribution in [-0.2, 0) is 20.1 Å². The quantitative estimate of drug-likeness (QED) is 0.902. The van der Waals surface area contributed by atoms with Gasteiger partial charge in [0.05, 0.1) is 11.9 Å². The second-order valence-corrected chi connectivity index (χ2v) is 4.51. The van der Waals surface area contributed by atoms with Crippen LogP contribution in [0.5, 0.6) is 0 Å². The first-order valence-corrected chi connectivity index (χ1v) is 5.87. The molecule has 0 aliphatic heterocycles. The number of nitrogens with one attached hydrogen (secondary N) is 1. The van der Waals surface area contributed by atoms with E-state index in [-0.39, 0.29) is 12.4 Å². The Hall–Kier alpha value is -1.33. The minimum absolute atomic E-state index is 0. The van der Waals surface area contributed by atoms with E-state index in [4.69, 9.17) is 0 Å². The number of hydrogen-bond acceptors (Lipinski definition) is 3. The molecular weight excluding hydrogens is 250 g/mol. The highest BCUT2D eigenvalue weighted by Gasteiger charge is 2.02. The Morgan fingerprint density at radius 2 is 2.11 bits per heavy atom. The summed E-state index contributed by atoms with van der Waals surface area (Å²) in [6.45, 7) is 5.86. The van der Waals surface area contributed by atoms with Crippen LogP contribution in [0.15, 0.2) is 24.7 Å². The van der Waals surface area contributed by atoms with E-state index in [1.807, 2.05) is 35.0 Å². The average molecular weight is 270 g/mol. The maximum absolute atomic E-state index is 4.48. The van der Waals surface area contributed by atoms with Gasteiger partial charge >= 0.3 is 0 Å². The summed E-state index contributed by atoms with van der Waals surface area (Å²) < 4.78 is 3.78. The molecule has 0 unspecified atom stereocenters. The molecule has 5 nitrogen and oxygen atoms in total. The van der Waals surface area contributed by atoms with E-state index < -0.39 is 0 Å². The first-order chi connectivity index (χ1) is 8.15. The highest BCUT2D eigenvalue weighted by Crippen LogP contribution is 2.04. The van der Waals surface area contributed by atoms with Crippen LogP contribution in [0.25, 0.3) is 0 Å². The van der Waals surface area contributed by atoms with Crippen molar-refractivity contribution in [3.05, 3.63) is 35.9 Å². The largest absolute Gasteiger partial charge is 0.307 e. The van der Waals surface area contributed by atoms with Crippen molar-refractivity contribution in [1.82, 2.24) is 24.9 Å². The molecule has 0 aliphatic rings. The second-order valence-electron chi connectivity index (χ2n) is 4.51. The lowest BCUT2D eigenvalue weighted by molar-refractivity contribution is 0.521. The topological polar surface area (TPSA) is 47.7 Å². The SMILES string of the molecule is CC(C)n1ccc(CNCc2cnn(C)c2)n1.Cl. The van der Waals surface area contributed by atoms with Crippen LogP contribution in [0.2, 0.25) is 0 Å². The predicted octanol–water partition coefficient (Wildman–Crippen LogP) is 1.91. The van der Waals surface area contributed by atoms with Crippen molar-refractivity contribution >= 4 is 12.4 Å². The van der Waals surface area contributed by atoms with E-state index in [0.717, 1.165) is 18.8 Å². The number of aryl methyl sites for hydroxylation is 1. The van der Waals surface area contributed by atoms with Gasteiger partial charge in [-0.3, -0.25) is 9.36 Å². The molecule has 2 aromatic rings. The fourth-order valence-electron chi connectivity index (χ4n) is 1.66. The Morgan fingerprint density at radius 1 is 1.33 bits per heavy atom. The van der Waals surface area contributed by atoms with Gasteiger partial charge in [0.1, 0.15) is 0 Å². The number of rotatable bonds is 5. The lowest BCUT2D eigenvalue weighted by Gasteiger charge is -2.04. The van der Waals surface area contributed by atoms with Crippen molar-refractivity contribution in [3.8, 4) is 0 Å². The Kier molecular flexibility index (Phi) is 5.37. The zero-order valence-corrected chi connectivity index (χ0v) is 11.8. The van der Waals surface area contributed by atoms with Gasteiger partial charge in [-0.15, -0.1) is 12.4 Å². The maximum Gasteiger partial charge on any atom is 0.0762 e. The third-order valence-electron chi connectivity index (χ3n) is 2.59. The monoisotopic (exact) mass is 269 g/mol. The van der Waals surface area contributed by atoms with Crippen molar-refractivity contribution in [2.24, 2.45) is 7.05 Å². The number of nitrogens with zero attached hydrogens (tertiary/aromatic N) is 4. The van der Waals surface area contributed by atoms with Crippen molar-refractivity contribution in [1.29, 1.82) is 0 Å². The summed E-state index contributed by atoms with van der Waals surface area (Å²) >= 11 is 0. The Balaban J connectivity index is 0.00000162. The molecule has 0 bridgehead atoms. The summed E-state index contributed by atoms with van der Waals surface area (Å²) in [6.07, 6.45) is 5.91. The zero-order valence-electron chi connectivity index (χ0n) is 11.0. The fraction of sp³-hybridized carbons (Fsp3) is 0.500. The summed E-state index contributed by atoms with van der Waals surface area (Å²) in [5, 5.41) is 12.0. The van der Waals surface area contributed by atoms with Crippen LogP contribution in [0, 0.1) is 0 Å². The molecule has 0 aliphatic carbocycles. The molecule has 0 saturated heterocycles. The minimum atomic E-state index is 0. The summed E-state index contributed by atoms with van der Waals surface area (Å²) in [6, 6.07) is 2.47. The molecule has 100 valence electrons. The van der Waals surface area contributed by atoms with Gasteiger partial charge < -0.3 is 5.32 Å². The summed E-state index contributed by atoms with van der Waals surface area (Å²) in [5.74, 6) is 0. The third kappa shape index (κ3) is 3.85. The lowest BCUT2D eigenvalue weighted by atomic mass is 10.3. The molecule has 6 heteroatoms. The van der Waals surface area contributed by atoms with Crippen LogP contribution >= 0.6 is 12.4 Å². The van der Waals surface area contributed by atoms with E-state index in [2.05, 4.69) is 35.4 Å². The average Bonchev–Trinajstić information content (AvgIpc) is 2.88. The predicted molar refractivity (Wildman–Crippen MR) is 73.6 cm³/mol. The van der Waals surface area contributed by atoms with Crippen LogP contribution in [0.4, 0.5) is 0 Å². The summed E-state index contributed by atoms with van der Waals surface area (Å²) in [4.78, 5) is 0. The van der Waals surface area contributed by atoms with Crippen LogP contribution < -0.4 is 5.32 Å². The van der Waals surface area contributed by atoms with Crippen LogP contribution in [0.1, 0.15) is 31.1 Å². The van der Waals surface area contributed by atoms with Crippen molar-refractivity contribution in [2.75, 3.05) is 0 Å². The molecule has 18 heavy (non-hydrogen) atoms. The van der Waals surface area contributed by atoms with Gasteiger partial charge in [-0.2, -0.15) is 10.2 Å². The highest BCUT2D eigenvalue weighted by atomic mass is 35.5. The second kappa shape index (κ2) is 6.56. The van der Waals surface area contributed by atoms with Crippen LogP contribution in [0.3, 0.4) is 0 Å². The first-order valence-electron chi connectivity index (χ1n) is 5.87. The standard InChI is InChI=1S/C12H19N5.ClH/c1-10(2)17-5-4-12(15-17)8-13-6-11-7-14-16(3)9-11;/h4-5,7,9-10,13H,6,8H2,1-3H3;1H.